The Hall–Kier alpha value is -2.55. The molecule has 0 aromatic heterocycles. The van der Waals surface area contributed by atoms with E-state index in [1.807, 2.05) is 36.4 Å². The molecule has 0 saturated carbocycles. The highest BCUT2D eigenvalue weighted by molar-refractivity contribution is 7.79. The number of quaternary nitrogens is 2. The minimum absolute atomic E-state index is 1.12. The number of hydrogen-bond acceptors (Lipinski definition) is 4. The minimum atomic E-state index is -5.17. The topological polar surface area (TPSA) is 136 Å². The average Bonchev–Trinajstić information content (AvgIpc) is 3.17. The summed E-state index contributed by atoms with van der Waals surface area (Å²) in [6.07, 6.45) is 36.5. The first kappa shape index (κ1) is 50.5. The van der Waals surface area contributed by atoms with Crippen LogP contribution in [0.25, 0.3) is 0 Å². The first-order valence-corrected chi connectivity index (χ1v) is 22.5. The van der Waals surface area contributed by atoms with Crippen LogP contribution in [0.15, 0.2) is 97.1 Å². The van der Waals surface area contributed by atoms with Crippen LogP contribution in [0.5, 0.6) is 0 Å². The predicted octanol–water partition coefficient (Wildman–Crippen LogP) is 10.7. The molecule has 0 amide bonds. The standard InChI is InChI=1S/2C20H35N.C6H6.H2O4S/c2*21-19-15-10-8-6-4-2-1-3-5-7-9-12-16-20-17-13-11-14-18-20;1-2-4-6-5-3-1;1-5(2,3)4/h2*11,13-14,17-18H,1-10,12,15-16,19,21H2;1-6H;(H2,1,2,3,4). The molecule has 6 nitrogen and oxygen atoms in total. The zero-order chi connectivity index (χ0) is 38.8. The second-order valence-corrected chi connectivity index (χ2v) is 15.0. The molecule has 0 aliphatic carbocycles. The van der Waals surface area contributed by atoms with Crippen LogP contribution in [0.1, 0.15) is 165 Å². The summed E-state index contributed by atoms with van der Waals surface area (Å²) >= 11 is 0. The molecule has 3 rings (SSSR count). The van der Waals surface area contributed by atoms with Gasteiger partial charge in [0.2, 0.25) is 0 Å². The first-order valence-electron chi connectivity index (χ1n) is 21.2. The molecule has 0 aliphatic heterocycles. The highest BCUT2D eigenvalue weighted by Crippen LogP contribution is 2.14. The molecule has 0 saturated heterocycles. The molecule has 0 fully saturated rings. The van der Waals surface area contributed by atoms with Gasteiger partial charge < -0.3 is 20.6 Å². The normalized spacial score (nSPS) is 10.6. The van der Waals surface area contributed by atoms with Crippen molar-refractivity contribution >= 4 is 10.4 Å². The summed E-state index contributed by atoms with van der Waals surface area (Å²) in [6, 6.07) is 33.8. The average molecular weight is 755 g/mol. The Kier molecular flexibility index (Phi) is 38.7. The summed E-state index contributed by atoms with van der Waals surface area (Å²) < 4.78 is 34.1. The van der Waals surface area contributed by atoms with Crippen molar-refractivity contribution in [2.45, 2.75) is 167 Å². The van der Waals surface area contributed by atoms with E-state index in [1.54, 1.807) is 0 Å². The smallest absolute Gasteiger partial charge is 0.0739 e. The lowest BCUT2D eigenvalue weighted by Gasteiger charge is -2.06. The molecule has 3 aromatic carbocycles. The van der Waals surface area contributed by atoms with Crippen molar-refractivity contribution in [3.63, 3.8) is 0 Å². The molecule has 0 spiro atoms. The van der Waals surface area contributed by atoms with Gasteiger partial charge in [0, 0.05) is 10.4 Å². The molecule has 53 heavy (non-hydrogen) atoms. The summed E-state index contributed by atoms with van der Waals surface area (Å²) in [6.45, 7) is 2.23. The summed E-state index contributed by atoms with van der Waals surface area (Å²) in [5.41, 5.74) is 10.8. The van der Waals surface area contributed by atoms with Gasteiger partial charge in [-0.3, -0.25) is 8.42 Å². The molecule has 0 atom stereocenters. The van der Waals surface area contributed by atoms with Crippen molar-refractivity contribution in [3.8, 4) is 0 Å². The Labute approximate surface area is 326 Å². The Balaban J connectivity index is 0.000000792. The largest absolute Gasteiger partial charge is 0.759 e. The van der Waals surface area contributed by atoms with Crippen LogP contribution in [0, 0.1) is 0 Å². The van der Waals surface area contributed by atoms with E-state index >= 15 is 0 Å². The first-order chi connectivity index (χ1) is 25.9. The zero-order valence-corrected chi connectivity index (χ0v) is 34.3. The lowest BCUT2D eigenvalue weighted by Crippen LogP contribution is -2.50. The Morgan fingerprint density at radius 3 is 0.698 bits per heavy atom. The summed E-state index contributed by atoms with van der Waals surface area (Å²) in [7, 11) is -5.17. The quantitative estimate of drug-likeness (QED) is 0.0433. The predicted molar refractivity (Wildman–Crippen MR) is 224 cm³/mol. The van der Waals surface area contributed by atoms with Crippen molar-refractivity contribution in [1.82, 2.24) is 0 Å². The fourth-order valence-corrected chi connectivity index (χ4v) is 6.22. The number of hydrogen-bond donors (Lipinski definition) is 2. The lowest BCUT2D eigenvalue weighted by atomic mass is 10.0. The summed E-state index contributed by atoms with van der Waals surface area (Å²) in [4.78, 5) is 0. The van der Waals surface area contributed by atoms with E-state index < -0.39 is 10.4 Å². The monoisotopic (exact) mass is 755 g/mol. The van der Waals surface area contributed by atoms with Gasteiger partial charge in [0.15, 0.2) is 0 Å². The highest BCUT2D eigenvalue weighted by Gasteiger charge is 1.97. The SMILES string of the molecule is O=S(=O)([O-])[O-].[NH3+]CCCCCCCCCCCCCCc1ccccc1.[NH3+]CCCCCCCCCCCCCCc1ccccc1.c1ccccc1. The second kappa shape index (κ2) is 40.6. The van der Waals surface area contributed by atoms with Gasteiger partial charge in [-0.1, -0.05) is 213 Å². The Bertz CT molecular complexity index is 1100. The van der Waals surface area contributed by atoms with E-state index in [0.29, 0.717) is 0 Å². The van der Waals surface area contributed by atoms with Crippen LogP contribution >= 0.6 is 0 Å². The number of aryl methyl sites for hydroxylation is 2. The van der Waals surface area contributed by atoms with Crippen molar-refractivity contribution in [3.05, 3.63) is 108 Å². The maximum atomic E-state index is 8.52. The van der Waals surface area contributed by atoms with Gasteiger partial charge >= 0.3 is 0 Å². The van der Waals surface area contributed by atoms with E-state index in [-0.39, 0.29) is 0 Å². The van der Waals surface area contributed by atoms with Crippen molar-refractivity contribution in [1.29, 1.82) is 0 Å². The molecule has 0 bridgehead atoms. The molecule has 3 aromatic rings. The van der Waals surface area contributed by atoms with Gasteiger partial charge in [-0.15, -0.1) is 0 Å². The van der Waals surface area contributed by atoms with Gasteiger partial charge in [0.25, 0.3) is 0 Å². The number of unbranched alkanes of at least 4 members (excludes halogenated alkanes) is 22. The van der Waals surface area contributed by atoms with Gasteiger partial charge in [0.05, 0.1) is 13.1 Å². The van der Waals surface area contributed by atoms with Crippen molar-refractivity contribution < 1.29 is 29.0 Å². The fourth-order valence-electron chi connectivity index (χ4n) is 6.22. The summed E-state index contributed by atoms with van der Waals surface area (Å²) in [5, 5.41) is 0. The Morgan fingerprint density at radius 1 is 0.321 bits per heavy atom. The van der Waals surface area contributed by atoms with E-state index in [9.17, 15) is 0 Å². The third-order valence-electron chi connectivity index (χ3n) is 9.28. The van der Waals surface area contributed by atoms with Crippen molar-refractivity contribution in [2.24, 2.45) is 0 Å². The highest BCUT2D eigenvalue weighted by atomic mass is 32.3. The Morgan fingerprint density at radius 2 is 0.491 bits per heavy atom. The molecular formula is C46H78N2O4S. The van der Waals surface area contributed by atoms with E-state index in [4.69, 9.17) is 17.5 Å². The van der Waals surface area contributed by atoms with Gasteiger partial charge in [-0.05, 0) is 62.5 Å². The fraction of sp³-hybridized carbons (Fsp3) is 0.609. The molecule has 302 valence electrons. The molecular weight excluding hydrogens is 677 g/mol. The van der Waals surface area contributed by atoms with Crippen LogP contribution in [-0.4, -0.2) is 30.6 Å². The van der Waals surface area contributed by atoms with Crippen LogP contribution in [0.2, 0.25) is 0 Å². The third-order valence-corrected chi connectivity index (χ3v) is 9.28. The van der Waals surface area contributed by atoms with Crippen LogP contribution in [0.3, 0.4) is 0 Å². The maximum Gasteiger partial charge on any atom is 0.0739 e. The summed E-state index contributed by atoms with van der Waals surface area (Å²) in [5.74, 6) is 0. The third kappa shape index (κ3) is 45.5. The molecule has 6 N–H and O–H groups in total. The van der Waals surface area contributed by atoms with E-state index in [0.717, 1.165) is 13.1 Å². The maximum absolute atomic E-state index is 8.52. The van der Waals surface area contributed by atoms with Gasteiger partial charge in [-0.2, -0.15) is 0 Å². The molecule has 0 aliphatic rings. The van der Waals surface area contributed by atoms with Crippen molar-refractivity contribution in [2.75, 3.05) is 13.1 Å². The molecule has 0 heterocycles. The van der Waals surface area contributed by atoms with E-state index in [1.165, 1.54) is 178 Å². The van der Waals surface area contributed by atoms with Gasteiger partial charge in [-0.25, -0.2) is 0 Å². The molecule has 0 unspecified atom stereocenters. The zero-order valence-electron chi connectivity index (χ0n) is 33.5. The van der Waals surface area contributed by atoms with Crippen LogP contribution < -0.4 is 11.5 Å². The molecule has 0 radical (unpaired) electrons. The number of benzene rings is 3. The number of rotatable bonds is 28. The van der Waals surface area contributed by atoms with Gasteiger partial charge in [0.1, 0.15) is 0 Å². The van der Waals surface area contributed by atoms with Crippen LogP contribution in [-0.2, 0) is 23.2 Å². The molecule has 7 heteroatoms. The second-order valence-electron chi connectivity index (χ2n) is 14.2. The minimum Gasteiger partial charge on any atom is -0.759 e. The van der Waals surface area contributed by atoms with E-state index in [2.05, 4.69) is 72.1 Å². The van der Waals surface area contributed by atoms with Crippen LogP contribution in [0.4, 0.5) is 0 Å². The lowest BCUT2D eigenvalue weighted by molar-refractivity contribution is -0.368.